The van der Waals surface area contributed by atoms with Crippen molar-refractivity contribution in [1.82, 2.24) is 20.5 Å². The molecule has 0 radical (unpaired) electrons. The van der Waals surface area contributed by atoms with Crippen molar-refractivity contribution in [3.05, 3.63) is 23.9 Å². The van der Waals surface area contributed by atoms with Crippen molar-refractivity contribution >= 4 is 11.9 Å². The van der Waals surface area contributed by atoms with Crippen molar-refractivity contribution in [2.24, 2.45) is 4.99 Å². The number of amides is 1. The summed E-state index contributed by atoms with van der Waals surface area (Å²) in [4.78, 5) is 22.5. The molecular formula is C19H31N5O2. The van der Waals surface area contributed by atoms with Crippen molar-refractivity contribution in [3.63, 3.8) is 0 Å². The Morgan fingerprint density at radius 3 is 3.00 bits per heavy atom. The second-order valence-electron chi connectivity index (χ2n) is 6.28. The Labute approximate surface area is 156 Å². The minimum absolute atomic E-state index is 0.279. The first kappa shape index (κ1) is 20.0. The van der Waals surface area contributed by atoms with E-state index in [4.69, 9.17) is 4.74 Å². The Morgan fingerprint density at radius 2 is 2.27 bits per heavy atom. The molecule has 1 fully saturated rings. The van der Waals surface area contributed by atoms with Crippen molar-refractivity contribution in [2.75, 3.05) is 32.8 Å². The van der Waals surface area contributed by atoms with Crippen LogP contribution in [0.25, 0.3) is 0 Å². The lowest BCUT2D eigenvalue weighted by Gasteiger charge is -2.16. The number of carbonyl (C=O) groups excluding carboxylic acids is 1. The number of guanidine groups is 1. The fourth-order valence-electron chi connectivity index (χ4n) is 2.80. The van der Waals surface area contributed by atoms with Gasteiger partial charge in [-0.3, -0.25) is 4.79 Å². The summed E-state index contributed by atoms with van der Waals surface area (Å²) in [5.74, 6) is 1.70. The second kappa shape index (κ2) is 11.3. The highest BCUT2D eigenvalue weighted by molar-refractivity contribution is 5.80. The summed E-state index contributed by atoms with van der Waals surface area (Å²) < 4.78 is 5.69. The summed E-state index contributed by atoms with van der Waals surface area (Å²) >= 11 is 0. The molecular weight excluding hydrogens is 330 g/mol. The standard InChI is InChI=1S/C19H31N5O2/c1-3-14-26-18-16(8-5-10-21-18)15-23-19(20-4-2)22-11-7-13-24-12-6-9-17(24)25/h5,8,10H,3-4,6-7,9,11-15H2,1-2H3,(H2,20,22,23). The third-order valence-corrected chi connectivity index (χ3v) is 4.11. The van der Waals surface area contributed by atoms with E-state index in [-0.39, 0.29) is 5.91 Å². The van der Waals surface area contributed by atoms with Crippen LogP contribution in [0.2, 0.25) is 0 Å². The molecule has 1 aromatic heterocycles. The maximum atomic E-state index is 11.6. The van der Waals surface area contributed by atoms with Gasteiger partial charge in [0.05, 0.1) is 13.2 Å². The number of pyridine rings is 1. The molecule has 1 aliphatic heterocycles. The Balaban J connectivity index is 1.83. The number of hydrogen-bond donors (Lipinski definition) is 2. The number of hydrogen-bond acceptors (Lipinski definition) is 4. The number of aliphatic imine (C=N–C) groups is 1. The van der Waals surface area contributed by atoms with E-state index < -0.39 is 0 Å². The van der Waals surface area contributed by atoms with Crippen LogP contribution in [0.3, 0.4) is 0 Å². The first-order chi connectivity index (χ1) is 12.7. The van der Waals surface area contributed by atoms with E-state index >= 15 is 0 Å². The van der Waals surface area contributed by atoms with Gasteiger partial charge in [0.15, 0.2) is 5.96 Å². The van der Waals surface area contributed by atoms with Crippen LogP contribution in [-0.4, -0.2) is 54.5 Å². The number of ether oxygens (including phenoxy) is 1. The van der Waals surface area contributed by atoms with E-state index in [0.717, 1.165) is 57.0 Å². The molecule has 2 N–H and O–H groups in total. The van der Waals surface area contributed by atoms with Gasteiger partial charge in [0, 0.05) is 44.4 Å². The van der Waals surface area contributed by atoms with Crippen LogP contribution >= 0.6 is 0 Å². The van der Waals surface area contributed by atoms with E-state index in [1.165, 1.54) is 0 Å². The predicted molar refractivity (Wildman–Crippen MR) is 103 cm³/mol. The zero-order valence-electron chi connectivity index (χ0n) is 16.0. The molecule has 26 heavy (non-hydrogen) atoms. The van der Waals surface area contributed by atoms with Gasteiger partial charge in [0.2, 0.25) is 11.8 Å². The van der Waals surface area contributed by atoms with Crippen molar-refractivity contribution in [3.8, 4) is 5.88 Å². The molecule has 1 aliphatic rings. The number of rotatable bonds is 10. The predicted octanol–water partition coefficient (Wildman–Crippen LogP) is 1.94. The van der Waals surface area contributed by atoms with Crippen LogP contribution < -0.4 is 15.4 Å². The zero-order valence-corrected chi connectivity index (χ0v) is 16.0. The average Bonchev–Trinajstić information content (AvgIpc) is 3.07. The fourth-order valence-corrected chi connectivity index (χ4v) is 2.80. The van der Waals surface area contributed by atoms with Crippen LogP contribution in [0.15, 0.2) is 23.3 Å². The lowest BCUT2D eigenvalue weighted by molar-refractivity contribution is -0.127. The Hall–Kier alpha value is -2.31. The highest BCUT2D eigenvalue weighted by Crippen LogP contribution is 2.15. The van der Waals surface area contributed by atoms with Gasteiger partial charge >= 0.3 is 0 Å². The minimum Gasteiger partial charge on any atom is -0.477 e. The Morgan fingerprint density at radius 1 is 1.38 bits per heavy atom. The normalized spacial score (nSPS) is 14.6. The van der Waals surface area contributed by atoms with Crippen molar-refractivity contribution in [1.29, 1.82) is 0 Å². The van der Waals surface area contributed by atoms with Gasteiger partial charge in [-0.1, -0.05) is 13.0 Å². The molecule has 0 aromatic carbocycles. The van der Waals surface area contributed by atoms with Gasteiger partial charge in [-0.05, 0) is 32.3 Å². The van der Waals surface area contributed by atoms with Crippen LogP contribution in [0.1, 0.15) is 45.1 Å². The lowest BCUT2D eigenvalue weighted by atomic mass is 10.3. The van der Waals surface area contributed by atoms with Crippen LogP contribution in [0, 0.1) is 0 Å². The number of aromatic nitrogens is 1. The van der Waals surface area contributed by atoms with Gasteiger partial charge in [-0.2, -0.15) is 0 Å². The molecule has 144 valence electrons. The van der Waals surface area contributed by atoms with E-state index in [1.54, 1.807) is 6.20 Å². The number of carbonyl (C=O) groups is 1. The number of likely N-dealkylation sites (tertiary alicyclic amines) is 1. The second-order valence-corrected chi connectivity index (χ2v) is 6.28. The van der Waals surface area contributed by atoms with Crippen LogP contribution in [-0.2, 0) is 11.3 Å². The molecule has 0 spiro atoms. The van der Waals surface area contributed by atoms with E-state index in [9.17, 15) is 4.79 Å². The zero-order chi connectivity index (χ0) is 18.6. The maximum absolute atomic E-state index is 11.6. The van der Waals surface area contributed by atoms with Crippen LogP contribution in [0.4, 0.5) is 0 Å². The highest BCUT2D eigenvalue weighted by atomic mass is 16.5. The average molecular weight is 361 g/mol. The molecule has 0 atom stereocenters. The molecule has 0 saturated carbocycles. The monoisotopic (exact) mass is 361 g/mol. The third-order valence-electron chi connectivity index (χ3n) is 4.11. The Bertz CT molecular complexity index is 591. The van der Waals surface area contributed by atoms with Gasteiger partial charge in [0.25, 0.3) is 0 Å². The molecule has 0 bridgehead atoms. The SMILES string of the molecule is CCCOc1ncccc1CN=C(NCC)NCCCN1CCCC1=O. The smallest absolute Gasteiger partial charge is 0.222 e. The van der Waals surface area contributed by atoms with Gasteiger partial charge in [0.1, 0.15) is 0 Å². The Kier molecular flexibility index (Phi) is 8.72. The van der Waals surface area contributed by atoms with Gasteiger partial charge < -0.3 is 20.3 Å². The molecule has 2 rings (SSSR count). The fraction of sp³-hybridized carbons (Fsp3) is 0.632. The number of nitrogens with one attached hydrogen (secondary N) is 2. The molecule has 7 nitrogen and oxygen atoms in total. The summed E-state index contributed by atoms with van der Waals surface area (Å²) in [5, 5.41) is 6.58. The van der Waals surface area contributed by atoms with Crippen molar-refractivity contribution < 1.29 is 9.53 Å². The maximum Gasteiger partial charge on any atom is 0.222 e. The topological polar surface area (TPSA) is 78.9 Å². The van der Waals surface area contributed by atoms with E-state index in [0.29, 0.717) is 25.5 Å². The first-order valence-electron chi connectivity index (χ1n) is 9.61. The minimum atomic E-state index is 0.279. The largest absolute Gasteiger partial charge is 0.477 e. The lowest BCUT2D eigenvalue weighted by Crippen LogP contribution is -2.39. The first-order valence-corrected chi connectivity index (χ1v) is 9.61. The summed E-state index contributed by atoms with van der Waals surface area (Å²) in [7, 11) is 0. The quantitative estimate of drug-likeness (QED) is 0.378. The van der Waals surface area contributed by atoms with E-state index in [2.05, 4.69) is 27.5 Å². The highest BCUT2D eigenvalue weighted by Gasteiger charge is 2.18. The third kappa shape index (κ3) is 6.54. The summed E-state index contributed by atoms with van der Waals surface area (Å²) in [6, 6.07) is 3.89. The summed E-state index contributed by atoms with van der Waals surface area (Å²) in [6.07, 6.45) is 5.28. The van der Waals surface area contributed by atoms with E-state index in [1.807, 2.05) is 24.0 Å². The molecule has 1 amide bonds. The van der Waals surface area contributed by atoms with Crippen molar-refractivity contribution in [2.45, 2.75) is 46.1 Å². The molecule has 7 heteroatoms. The van der Waals surface area contributed by atoms with Crippen LogP contribution in [0.5, 0.6) is 5.88 Å². The molecule has 2 heterocycles. The molecule has 1 saturated heterocycles. The van der Waals surface area contributed by atoms with Gasteiger partial charge in [-0.25, -0.2) is 9.98 Å². The number of nitrogens with zero attached hydrogens (tertiary/aromatic N) is 3. The summed E-state index contributed by atoms with van der Waals surface area (Å²) in [5.41, 5.74) is 0.973. The molecule has 1 aromatic rings. The molecule has 0 unspecified atom stereocenters. The molecule has 0 aliphatic carbocycles. The van der Waals surface area contributed by atoms with Gasteiger partial charge in [-0.15, -0.1) is 0 Å². The summed E-state index contributed by atoms with van der Waals surface area (Å²) in [6.45, 7) is 8.56.